The molecule has 3 rings (SSSR count). The highest BCUT2D eigenvalue weighted by Crippen LogP contribution is 2.31. The molecule has 0 spiro atoms. The lowest BCUT2D eigenvalue weighted by Gasteiger charge is -2.35. The van der Waals surface area contributed by atoms with Gasteiger partial charge in [0.05, 0.1) is 20.6 Å². The van der Waals surface area contributed by atoms with Crippen molar-refractivity contribution in [1.29, 1.82) is 0 Å². The number of carbonyl (C=O) groups excluding carboxylic acids is 1. The average Bonchev–Trinajstić information content (AvgIpc) is 2.86. The molecule has 0 radical (unpaired) electrons. The third-order valence-electron chi connectivity index (χ3n) is 5.86. The Bertz CT molecular complexity index is 1010. The summed E-state index contributed by atoms with van der Waals surface area (Å²) in [5, 5.41) is 0. The van der Waals surface area contributed by atoms with Gasteiger partial charge in [-0.2, -0.15) is 0 Å². The highest BCUT2D eigenvalue weighted by molar-refractivity contribution is 5.70. The van der Waals surface area contributed by atoms with Crippen molar-refractivity contribution >= 4 is 5.97 Å². The zero-order valence-corrected chi connectivity index (χ0v) is 19.9. The second-order valence-electron chi connectivity index (χ2n) is 8.15. The maximum Gasteiger partial charge on any atom is 0.307 e. The standard InChI is InChI=1S/C28H33NO4/c1-21(17-28(30)33-20-23-11-7-5-8-12-23)29(22(2)25-13-9-6-10-14-25)19-24-15-16-26(31-3)27(18-24)32-4/h5-16,18,21-22H,17,19-20H2,1-4H3/t21-,22-/m1/s1. The first-order chi connectivity index (χ1) is 16.0. The van der Waals surface area contributed by atoms with Crippen LogP contribution in [0, 0.1) is 0 Å². The van der Waals surface area contributed by atoms with Gasteiger partial charge in [-0.05, 0) is 42.7 Å². The summed E-state index contributed by atoms with van der Waals surface area (Å²) in [7, 11) is 3.27. The summed E-state index contributed by atoms with van der Waals surface area (Å²) in [6.07, 6.45) is 0.303. The van der Waals surface area contributed by atoms with Crippen LogP contribution in [-0.2, 0) is 22.7 Å². The molecule has 0 aliphatic carbocycles. The van der Waals surface area contributed by atoms with Gasteiger partial charge >= 0.3 is 5.97 Å². The van der Waals surface area contributed by atoms with Gasteiger partial charge in [0.25, 0.3) is 0 Å². The van der Waals surface area contributed by atoms with Crippen LogP contribution in [0.1, 0.15) is 43.0 Å². The van der Waals surface area contributed by atoms with Crippen molar-refractivity contribution in [1.82, 2.24) is 4.90 Å². The van der Waals surface area contributed by atoms with E-state index in [1.807, 2.05) is 66.7 Å². The second-order valence-corrected chi connectivity index (χ2v) is 8.15. The van der Waals surface area contributed by atoms with Crippen LogP contribution in [0.15, 0.2) is 78.9 Å². The van der Waals surface area contributed by atoms with Crippen LogP contribution in [0.25, 0.3) is 0 Å². The lowest BCUT2D eigenvalue weighted by molar-refractivity contribution is -0.146. The minimum absolute atomic E-state index is 0.0309. The van der Waals surface area contributed by atoms with Crippen molar-refractivity contribution in [2.45, 2.75) is 45.5 Å². The minimum Gasteiger partial charge on any atom is -0.493 e. The quantitative estimate of drug-likeness (QED) is 0.348. The summed E-state index contributed by atoms with van der Waals surface area (Å²) in [5.74, 6) is 1.18. The molecule has 2 atom stereocenters. The third kappa shape index (κ3) is 6.83. The van der Waals surface area contributed by atoms with Crippen molar-refractivity contribution in [2.75, 3.05) is 14.2 Å². The fourth-order valence-corrected chi connectivity index (χ4v) is 3.94. The number of hydrogen-bond acceptors (Lipinski definition) is 5. The molecule has 0 aliphatic rings. The SMILES string of the molecule is COc1ccc(CN([C@H](C)CC(=O)OCc2ccccc2)[C@H](C)c2ccccc2)cc1OC. The van der Waals surface area contributed by atoms with E-state index in [2.05, 4.69) is 30.9 Å². The molecule has 5 nitrogen and oxygen atoms in total. The van der Waals surface area contributed by atoms with E-state index < -0.39 is 0 Å². The molecule has 3 aromatic carbocycles. The largest absolute Gasteiger partial charge is 0.493 e. The van der Waals surface area contributed by atoms with Gasteiger partial charge in [0, 0.05) is 18.6 Å². The van der Waals surface area contributed by atoms with Gasteiger partial charge in [0.2, 0.25) is 0 Å². The number of rotatable bonds is 11. The van der Waals surface area contributed by atoms with E-state index in [9.17, 15) is 4.79 Å². The second kappa shape index (κ2) is 12.1. The number of ether oxygens (including phenoxy) is 3. The zero-order chi connectivity index (χ0) is 23.6. The monoisotopic (exact) mass is 447 g/mol. The van der Waals surface area contributed by atoms with Crippen LogP contribution in [0.4, 0.5) is 0 Å². The molecular weight excluding hydrogens is 414 g/mol. The highest BCUT2D eigenvalue weighted by atomic mass is 16.5. The van der Waals surface area contributed by atoms with E-state index in [0.717, 1.165) is 11.1 Å². The number of nitrogens with zero attached hydrogens (tertiary/aromatic N) is 1. The predicted octanol–water partition coefficient (Wildman–Crippen LogP) is 5.79. The summed E-state index contributed by atoms with van der Waals surface area (Å²) >= 11 is 0. The molecular formula is C28H33NO4. The van der Waals surface area contributed by atoms with Gasteiger partial charge in [-0.1, -0.05) is 66.7 Å². The molecule has 0 saturated carbocycles. The topological polar surface area (TPSA) is 48.0 Å². The Labute approximate surface area is 196 Å². The Kier molecular flexibility index (Phi) is 8.90. The van der Waals surface area contributed by atoms with Crippen LogP contribution >= 0.6 is 0 Å². The predicted molar refractivity (Wildman–Crippen MR) is 130 cm³/mol. The normalized spacial score (nSPS) is 12.8. The van der Waals surface area contributed by atoms with Gasteiger partial charge in [-0.15, -0.1) is 0 Å². The number of methoxy groups -OCH3 is 2. The highest BCUT2D eigenvalue weighted by Gasteiger charge is 2.25. The van der Waals surface area contributed by atoms with E-state index >= 15 is 0 Å². The summed E-state index contributed by atoms with van der Waals surface area (Å²) in [4.78, 5) is 15.0. The maximum atomic E-state index is 12.6. The van der Waals surface area contributed by atoms with Crippen molar-refractivity contribution in [3.8, 4) is 11.5 Å². The first-order valence-electron chi connectivity index (χ1n) is 11.2. The molecule has 0 saturated heterocycles. The van der Waals surface area contributed by atoms with E-state index in [0.29, 0.717) is 24.5 Å². The van der Waals surface area contributed by atoms with E-state index in [4.69, 9.17) is 14.2 Å². The molecule has 0 aromatic heterocycles. The number of esters is 1. The van der Waals surface area contributed by atoms with Gasteiger partial charge < -0.3 is 14.2 Å². The van der Waals surface area contributed by atoms with Crippen LogP contribution < -0.4 is 9.47 Å². The molecule has 0 amide bonds. The molecule has 0 unspecified atom stereocenters. The van der Waals surface area contributed by atoms with Gasteiger partial charge in [-0.25, -0.2) is 0 Å². The maximum absolute atomic E-state index is 12.6. The fraction of sp³-hybridized carbons (Fsp3) is 0.321. The summed E-state index contributed by atoms with van der Waals surface area (Å²) in [6, 6.07) is 26.1. The Hall–Kier alpha value is -3.31. The van der Waals surface area contributed by atoms with E-state index in [-0.39, 0.29) is 24.7 Å². The smallest absolute Gasteiger partial charge is 0.307 e. The van der Waals surface area contributed by atoms with Crippen molar-refractivity contribution in [3.05, 3.63) is 95.6 Å². The van der Waals surface area contributed by atoms with Gasteiger partial charge in [0.1, 0.15) is 6.61 Å². The lowest BCUT2D eigenvalue weighted by atomic mass is 10.0. The van der Waals surface area contributed by atoms with Gasteiger partial charge in [0.15, 0.2) is 11.5 Å². The number of benzene rings is 3. The first kappa shape index (κ1) is 24.3. The Morgan fingerprint density at radius 2 is 1.45 bits per heavy atom. The molecule has 33 heavy (non-hydrogen) atoms. The summed E-state index contributed by atoms with van der Waals surface area (Å²) in [5.41, 5.74) is 3.26. The molecule has 0 N–H and O–H groups in total. The first-order valence-corrected chi connectivity index (χ1v) is 11.2. The van der Waals surface area contributed by atoms with Crippen LogP contribution in [0.2, 0.25) is 0 Å². The van der Waals surface area contributed by atoms with Crippen LogP contribution in [0.5, 0.6) is 11.5 Å². The minimum atomic E-state index is -0.205. The van der Waals surface area contributed by atoms with Gasteiger partial charge in [-0.3, -0.25) is 9.69 Å². The molecule has 0 fully saturated rings. The van der Waals surface area contributed by atoms with Crippen LogP contribution in [-0.4, -0.2) is 31.1 Å². The number of carbonyl (C=O) groups is 1. The van der Waals surface area contributed by atoms with Crippen molar-refractivity contribution in [2.24, 2.45) is 0 Å². The Morgan fingerprint density at radius 3 is 2.09 bits per heavy atom. The molecule has 174 valence electrons. The van der Waals surface area contributed by atoms with E-state index in [1.54, 1.807) is 14.2 Å². The Morgan fingerprint density at radius 1 is 0.818 bits per heavy atom. The average molecular weight is 448 g/mol. The Balaban J connectivity index is 1.75. The number of hydrogen-bond donors (Lipinski definition) is 0. The molecule has 0 aliphatic heterocycles. The van der Waals surface area contributed by atoms with E-state index in [1.165, 1.54) is 5.56 Å². The molecule has 0 heterocycles. The lowest BCUT2D eigenvalue weighted by Crippen LogP contribution is -2.36. The molecule has 5 heteroatoms. The molecule has 3 aromatic rings. The fourth-order valence-electron chi connectivity index (χ4n) is 3.94. The summed E-state index contributed by atoms with van der Waals surface area (Å²) in [6.45, 7) is 5.19. The summed E-state index contributed by atoms with van der Waals surface area (Å²) < 4.78 is 16.4. The van der Waals surface area contributed by atoms with Crippen LogP contribution in [0.3, 0.4) is 0 Å². The third-order valence-corrected chi connectivity index (χ3v) is 5.86. The van der Waals surface area contributed by atoms with Crippen molar-refractivity contribution < 1.29 is 19.0 Å². The van der Waals surface area contributed by atoms with Crippen molar-refractivity contribution in [3.63, 3.8) is 0 Å². The molecule has 0 bridgehead atoms. The zero-order valence-electron chi connectivity index (χ0n) is 19.9.